The normalized spacial score (nSPS) is 12.1. The molecule has 2 heterocycles. The maximum Gasteiger partial charge on any atom is 0.258 e. The van der Waals surface area contributed by atoms with Crippen LogP contribution in [0.1, 0.15) is 30.0 Å². The number of rotatable bonds is 5. The minimum atomic E-state index is -0.306. The van der Waals surface area contributed by atoms with Crippen molar-refractivity contribution < 1.29 is 13.6 Å². The van der Waals surface area contributed by atoms with E-state index in [4.69, 9.17) is 4.42 Å². The highest BCUT2D eigenvalue weighted by Gasteiger charge is 2.16. The van der Waals surface area contributed by atoms with E-state index in [0.717, 1.165) is 16.0 Å². The van der Waals surface area contributed by atoms with E-state index in [0.29, 0.717) is 5.89 Å². The van der Waals surface area contributed by atoms with Crippen LogP contribution in [0.25, 0.3) is 10.8 Å². The molecule has 0 radical (unpaired) electrons. The molecule has 0 unspecified atom stereocenters. The minimum Gasteiger partial charge on any atom is -0.419 e. The molecule has 0 saturated carbocycles. The van der Waals surface area contributed by atoms with Crippen LogP contribution in [0.3, 0.4) is 0 Å². The lowest BCUT2D eigenvalue weighted by Gasteiger charge is -2.13. The molecule has 0 bridgehead atoms. The van der Waals surface area contributed by atoms with Gasteiger partial charge in [0.2, 0.25) is 11.8 Å². The Labute approximate surface area is 142 Å². The molecule has 0 aliphatic carbocycles. The van der Waals surface area contributed by atoms with Crippen LogP contribution < -0.4 is 5.32 Å². The van der Waals surface area contributed by atoms with Gasteiger partial charge >= 0.3 is 0 Å². The molecule has 3 rings (SSSR count). The van der Waals surface area contributed by atoms with Gasteiger partial charge in [-0.05, 0) is 48.6 Å². The lowest BCUT2D eigenvalue weighted by atomic mass is 10.1. The number of hydrogen-bond acceptors (Lipinski definition) is 5. The summed E-state index contributed by atoms with van der Waals surface area (Å²) in [7, 11) is 0. The fraction of sp³-hybridized carbons (Fsp3) is 0.235. The van der Waals surface area contributed by atoms with Crippen molar-refractivity contribution in [1.29, 1.82) is 0 Å². The van der Waals surface area contributed by atoms with Gasteiger partial charge in [0.25, 0.3) is 5.89 Å². The summed E-state index contributed by atoms with van der Waals surface area (Å²) in [6.07, 6.45) is 0.00293. The van der Waals surface area contributed by atoms with E-state index in [1.165, 1.54) is 23.5 Å². The standard InChI is InChI=1S/C17H16FN3O2S/c1-10-7-8-24-16(10)17-21-20-15(23-17)9-14(22)19-11(2)12-3-5-13(18)6-4-12/h3-8,11H,9H2,1-2H3,(H,19,22)/t11-/m0/s1. The van der Waals surface area contributed by atoms with Crippen LogP contribution in [0.4, 0.5) is 4.39 Å². The van der Waals surface area contributed by atoms with Gasteiger partial charge < -0.3 is 9.73 Å². The number of aromatic nitrogens is 2. The average molecular weight is 345 g/mol. The molecule has 1 aromatic carbocycles. The topological polar surface area (TPSA) is 68.0 Å². The van der Waals surface area contributed by atoms with Crippen molar-refractivity contribution in [3.63, 3.8) is 0 Å². The summed E-state index contributed by atoms with van der Waals surface area (Å²) in [5.74, 6) is 0.156. The Balaban J connectivity index is 1.62. The van der Waals surface area contributed by atoms with Gasteiger partial charge in [0.1, 0.15) is 12.2 Å². The number of halogens is 1. The van der Waals surface area contributed by atoms with Crippen LogP contribution in [-0.2, 0) is 11.2 Å². The summed E-state index contributed by atoms with van der Waals surface area (Å²) in [5.41, 5.74) is 1.88. The molecular weight excluding hydrogens is 329 g/mol. The molecule has 7 heteroatoms. The van der Waals surface area contributed by atoms with E-state index in [2.05, 4.69) is 15.5 Å². The largest absolute Gasteiger partial charge is 0.419 e. The third kappa shape index (κ3) is 3.68. The third-order valence-electron chi connectivity index (χ3n) is 3.58. The number of benzene rings is 1. The van der Waals surface area contributed by atoms with E-state index >= 15 is 0 Å². The van der Waals surface area contributed by atoms with Crippen LogP contribution in [0.15, 0.2) is 40.1 Å². The van der Waals surface area contributed by atoms with Gasteiger partial charge in [-0.15, -0.1) is 21.5 Å². The molecule has 5 nitrogen and oxygen atoms in total. The predicted octanol–water partition coefficient (Wildman–Crippen LogP) is 3.67. The van der Waals surface area contributed by atoms with Crippen molar-refractivity contribution in [2.24, 2.45) is 0 Å². The third-order valence-corrected chi connectivity index (χ3v) is 4.59. The van der Waals surface area contributed by atoms with Crippen molar-refractivity contribution in [2.45, 2.75) is 26.3 Å². The molecular formula is C17H16FN3O2S. The first kappa shape index (κ1) is 16.3. The van der Waals surface area contributed by atoms with Crippen LogP contribution in [0.2, 0.25) is 0 Å². The minimum absolute atomic E-state index is 0.00293. The summed E-state index contributed by atoms with van der Waals surface area (Å²) in [6.45, 7) is 3.80. The second-order valence-corrected chi connectivity index (χ2v) is 6.37. The summed E-state index contributed by atoms with van der Waals surface area (Å²) < 4.78 is 18.5. The molecule has 24 heavy (non-hydrogen) atoms. The van der Waals surface area contributed by atoms with Crippen molar-refractivity contribution in [1.82, 2.24) is 15.5 Å². The second kappa shape index (κ2) is 6.92. The molecule has 1 atom stereocenters. The molecule has 2 aromatic heterocycles. The van der Waals surface area contributed by atoms with E-state index < -0.39 is 0 Å². The van der Waals surface area contributed by atoms with Gasteiger partial charge in [-0.25, -0.2) is 4.39 Å². The first-order chi connectivity index (χ1) is 11.5. The first-order valence-corrected chi connectivity index (χ1v) is 8.32. The molecule has 0 spiro atoms. The average Bonchev–Trinajstić information content (AvgIpc) is 3.16. The van der Waals surface area contributed by atoms with Gasteiger partial charge in [-0.3, -0.25) is 4.79 Å². The van der Waals surface area contributed by atoms with E-state index in [9.17, 15) is 9.18 Å². The van der Waals surface area contributed by atoms with Crippen molar-refractivity contribution in [3.05, 3.63) is 58.5 Å². The zero-order valence-electron chi connectivity index (χ0n) is 13.2. The Morgan fingerprint density at radius 3 is 2.71 bits per heavy atom. The second-order valence-electron chi connectivity index (χ2n) is 5.45. The number of nitrogens with zero attached hydrogens (tertiary/aromatic N) is 2. The predicted molar refractivity (Wildman–Crippen MR) is 89.0 cm³/mol. The summed E-state index contributed by atoms with van der Waals surface area (Å²) >= 11 is 1.52. The van der Waals surface area contributed by atoms with Crippen LogP contribution in [-0.4, -0.2) is 16.1 Å². The SMILES string of the molecule is Cc1ccsc1-c1nnc(CC(=O)N[C@@H](C)c2ccc(F)cc2)o1. The van der Waals surface area contributed by atoms with Gasteiger partial charge in [-0.1, -0.05) is 12.1 Å². The fourth-order valence-corrected chi connectivity index (χ4v) is 3.12. The Morgan fingerprint density at radius 1 is 1.29 bits per heavy atom. The highest BCUT2D eigenvalue weighted by Crippen LogP contribution is 2.27. The lowest BCUT2D eigenvalue weighted by molar-refractivity contribution is -0.121. The maximum atomic E-state index is 12.9. The van der Waals surface area contributed by atoms with E-state index in [1.54, 1.807) is 12.1 Å². The Hall–Kier alpha value is -2.54. The summed E-state index contributed by atoms with van der Waals surface area (Å²) in [4.78, 5) is 13.0. The number of hydrogen-bond donors (Lipinski definition) is 1. The lowest BCUT2D eigenvalue weighted by Crippen LogP contribution is -2.28. The maximum absolute atomic E-state index is 12.9. The van der Waals surface area contributed by atoms with Crippen molar-refractivity contribution in [3.8, 4) is 10.8 Å². The zero-order chi connectivity index (χ0) is 17.1. The number of amides is 1. The molecule has 0 aliphatic heterocycles. The Morgan fingerprint density at radius 2 is 2.04 bits per heavy atom. The molecule has 0 aliphatic rings. The number of carbonyl (C=O) groups is 1. The van der Waals surface area contributed by atoms with Crippen molar-refractivity contribution >= 4 is 17.2 Å². The Kier molecular flexibility index (Phi) is 4.71. The number of carbonyl (C=O) groups excluding carboxylic acids is 1. The zero-order valence-corrected chi connectivity index (χ0v) is 14.1. The van der Waals surface area contributed by atoms with E-state index in [-0.39, 0.29) is 30.1 Å². The number of aryl methyl sites for hydroxylation is 1. The molecule has 1 N–H and O–H groups in total. The Bertz CT molecular complexity index is 842. The quantitative estimate of drug-likeness (QED) is 0.766. The summed E-state index contributed by atoms with van der Waals surface area (Å²) in [6, 6.07) is 7.76. The van der Waals surface area contributed by atoms with Gasteiger partial charge in [0.15, 0.2) is 0 Å². The first-order valence-electron chi connectivity index (χ1n) is 7.44. The molecule has 1 amide bonds. The molecule has 0 saturated heterocycles. The van der Waals surface area contributed by atoms with Gasteiger partial charge in [-0.2, -0.15) is 0 Å². The highest BCUT2D eigenvalue weighted by molar-refractivity contribution is 7.13. The monoisotopic (exact) mass is 345 g/mol. The van der Waals surface area contributed by atoms with Crippen LogP contribution >= 0.6 is 11.3 Å². The molecule has 0 fully saturated rings. The van der Waals surface area contributed by atoms with Gasteiger partial charge in [0, 0.05) is 0 Å². The number of nitrogens with one attached hydrogen (secondary N) is 1. The van der Waals surface area contributed by atoms with Crippen molar-refractivity contribution in [2.75, 3.05) is 0 Å². The number of thiophene rings is 1. The smallest absolute Gasteiger partial charge is 0.258 e. The van der Waals surface area contributed by atoms with Crippen LogP contribution in [0, 0.1) is 12.7 Å². The van der Waals surface area contributed by atoms with Crippen LogP contribution in [0.5, 0.6) is 0 Å². The fourth-order valence-electron chi connectivity index (χ4n) is 2.27. The highest BCUT2D eigenvalue weighted by atomic mass is 32.1. The molecule has 3 aromatic rings. The van der Waals surface area contributed by atoms with E-state index in [1.807, 2.05) is 25.3 Å². The van der Waals surface area contributed by atoms with Gasteiger partial charge in [0.05, 0.1) is 10.9 Å². The molecule has 124 valence electrons. The summed E-state index contributed by atoms with van der Waals surface area (Å²) in [5, 5.41) is 12.7.